The van der Waals surface area contributed by atoms with Gasteiger partial charge in [-0.2, -0.15) is 5.10 Å². The normalized spacial score (nSPS) is 9.93. The molecule has 2 rings (SSSR count). The van der Waals surface area contributed by atoms with Crippen molar-refractivity contribution in [3.63, 3.8) is 0 Å². The Bertz CT molecular complexity index is 469. The average molecular weight is 223 g/mol. The first-order valence-electron chi connectivity index (χ1n) is 4.17. The SMILES string of the molecule is O=C(Nc1cnccc1Cl)c1cn[nH]c1. The van der Waals surface area contributed by atoms with Crippen LogP contribution in [-0.2, 0) is 0 Å². The molecule has 1 amide bonds. The summed E-state index contributed by atoms with van der Waals surface area (Å²) in [7, 11) is 0. The molecule has 0 unspecified atom stereocenters. The monoisotopic (exact) mass is 222 g/mol. The molecule has 0 saturated carbocycles. The summed E-state index contributed by atoms with van der Waals surface area (Å²) >= 11 is 5.85. The Balaban J connectivity index is 2.17. The lowest BCUT2D eigenvalue weighted by molar-refractivity contribution is 0.102. The summed E-state index contributed by atoms with van der Waals surface area (Å²) < 4.78 is 0. The van der Waals surface area contributed by atoms with E-state index in [0.29, 0.717) is 16.3 Å². The van der Waals surface area contributed by atoms with Gasteiger partial charge in [-0.1, -0.05) is 11.6 Å². The van der Waals surface area contributed by atoms with Gasteiger partial charge in [0.15, 0.2) is 0 Å². The average Bonchev–Trinajstić information content (AvgIpc) is 2.74. The highest BCUT2D eigenvalue weighted by atomic mass is 35.5. The van der Waals surface area contributed by atoms with Crippen molar-refractivity contribution in [2.24, 2.45) is 0 Å². The third-order valence-electron chi connectivity index (χ3n) is 1.78. The van der Waals surface area contributed by atoms with Crippen molar-refractivity contribution in [1.29, 1.82) is 0 Å². The molecular weight excluding hydrogens is 216 g/mol. The molecule has 0 spiro atoms. The lowest BCUT2D eigenvalue weighted by Crippen LogP contribution is -2.11. The molecule has 0 aliphatic carbocycles. The number of anilines is 1. The van der Waals surface area contributed by atoms with E-state index in [1.165, 1.54) is 18.6 Å². The molecule has 15 heavy (non-hydrogen) atoms. The Morgan fingerprint density at radius 3 is 3.00 bits per heavy atom. The van der Waals surface area contributed by atoms with Gasteiger partial charge in [-0.3, -0.25) is 14.9 Å². The molecule has 0 atom stereocenters. The predicted molar refractivity (Wildman–Crippen MR) is 55.8 cm³/mol. The van der Waals surface area contributed by atoms with Crippen LogP contribution in [0.25, 0.3) is 0 Å². The second-order valence-electron chi connectivity index (χ2n) is 2.80. The molecular formula is C9H7ClN4O. The molecule has 0 saturated heterocycles. The molecule has 0 aliphatic heterocycles. The Kier molecular flexibility index (Phi) is 2.64. The minimum absolute atomic E-state index is 0.279. The van der Waals surface area contributed by atoms with Crippen LogP contribution in [0, 0.1) is 0 Å². The summed E-state index contributed by atoms with van der Waals surface area (Å²) in [5.74, 6) is -0.279. The molecule has 0 radical (unpaired) electrons. The van der Waals surface area contributed by atoms with E-state index >= 15 is 0 Å². The summed E-state index contributed by atoms with van der Waals surface area (Å²) in [6.07, 6.45) is 5.97. The van der Waals surface area contributed by atoms with Crippen molar-refractivity contribution in [2.45, 2.75) is 0 Å². The second kappa shape index (κ2) is 4.10. The third-order valence-corrected chi connectivity index (χ3v) is 2.11. The number of H-pyrrole nitrogens is 1. The van der Waals surface area contributed by atoms with E-state index in [9.17, 15) is 4.79 Å². The van der Waals surface area contributed by atoms with Crippen LogP contribution in [0.1, 0.15) is 10.4 Å². The van der Waals surface area contributed by atoms with Crippen molar-refractivity contribution in [1.82, 2.24) is 15.2 Å². The number of hydrogen-bond donors (Lipinski definition) is 2. The quantitative estimate of drug-likeness (QED) is 0.813. The molecule has 2 aromatic heterocycles. The second-order valence-corrected chi connectivity index (χ2v) is 3.20. The first kappa shape index (κ1) is 9.67. The van der Waals surface area contributed by atoms with E-state index in [2.05, 4.69) is 20.5 Å². The van der Waals surface area contributed by atoms with E-state index in [1.807, 2.05) is 0 Å². The Morgan fingerprint density at radius 2 is 2.33 bits per heavy atom. The largest absolute Gasteiger partial charge is 0.319 e. The topological polar surface area (TPSA) is 70.7 Å². The maximum atomic E-state index is 11.6. The van der Waals surface area contributed by atoms with Crippen LogP contribution in [0.3, 0.4) is 0 Å². The van der Waals surface area contributed by atoms with Crippen molar-refractivity contribution in [3.05, 3.63) is 41.4 Å². The van der Waals surface area contributed by atoms with Gasteiger partial charge in [-0.05, 0) is 6.07 Å². The number of carbonyl (C=O) groups is 1. The number of nitrogens with one attached hydrogen (secondary N) is 2. The van der Waals surface area contributed by atoms with E-state index < -0.39 is 0 Å². The molecule has 0 bridgehead atoms. The van der Waals surface area contributed by atoms with Crippen LogP contribution in [0.5, 0.6) is 0 Å². The Labute approximate surface area is 90.5 Å². The summed E-state index contributed by atoms with van der Waals surface area (Å²) in [4.78, 5) is 15.4. The highest BCUT2D eigenvalue weighted by Gasteiger charge is 2.08. The van der Waals surface area contributed by atoms with E-state index in [1.54, 1.807) is 12.3 Å². The maximum absolute atomic E-state index is 11.6. The van der Waals surface area contributed by atoms with Gasteiger partial charge in [0.25, 0.3) is 5.91 Å². The predicted octanol–water partition coefficient (Wildman–Crippen LogP) is 1.71. The first-order valence-corrected chi connectivity index (χ1v) is 4.55. The van der Waals surface area contributed by atoms with Crippen molar-refractivity contribution in [3.8, 4) is 0 Å². The van der Waals surface area contributed by atoms with Crippen molar-refractivity contribution in [2.75, 3.05) is 5.32 Å². The molecule has 76 valence electrons. The van der Waals surface area contributed by atoms with Gasteiger partial charge in [-0.25, -0.2) is 0 Å². The Morgan fingerprint density at radius 1 is 1.47 bits per heavy atom. The zero-order chi connectivity index (χ0) is 10.7. The number of aromatic nitrogens is 3. The van der Waals surface area contributed by atoms with E-state index in [-0.39, 0.29) is 5.91 Å². The van der Waals surface area contributed by atoms with E-state index in [0.717, 1.165) is 0 Å². The molecule has 5 nitrogen and oxygen atoms in total. The zero-order valence-corrected chi connectivity index (χ0v) is 8.32. The van der Waals surface area contributed by atoms with Crippen LogP contribution in [0.4, 0.5) is 5.69 Å². The summed E-state index contributed by atoms with van der Waals surface area (Å²) in [6, 6.07) is 1.60. The lowest BCUT2D eigenvalue weighted by Gasteiger charge is -2.03. The number of hydrogen-bond acceptors (Lipinski definition) is 3. The van der Waals surface area contributed by atoms with Gasteiger partial charge in [0.2, 0.25) is 0 Å². The van der Waals surface area contributed by atoms with Gasteiger partial charge in [0.1, 0.15) is 0 Å². The molecule has 0 aromatic carbocycles. The van der Waals surface area contributed by atoms with Gasteiger partial charge in [-0.15, -0.1) is 0 Å². The van der Waals surface area contributed by atoms with Gasteiger partial charge in [0, 0.05) is 12.4 Å². The number of rotatable bonds is 2. The lowest BCUT2D eigenvalue weighted by atomic mass is 10.3. The summed E-state index contributed by atoms with van der Waals surface area (Å²) in [5.41, 5.74) is 0.917. The van der Waals surface area contributed by atoms with Crippen LogP contribution >= 0.6 is 11.6 Å². The van der Waals surface area contributed by atoms with Crippen LogP contribution in [0.2, 0.25) is 5.02 Å². The smallest absolute Gasteiger partial charge is 0.258 e. The van der Waals surface area contributed by atoms with Crippen LogP contribution in [0.15, 0.2) is 30.9 Å². The van der Waals surface area contributed by atoms with Gasteiger partial charge < -0.3 is 5.32 Å². The number of carbonyl (C=O) groups excluding carboxylic acids is 1. The van der Waals surface area contributed by atoms with E-state index in [4.69, 9.17) is 11.6 Å². The maximum Gasteiger partial charge on any atom is 0.258 e. The fraction of sp³-hybridized carbons (Fsp3) is 0. The highest BCUT2D eigenvalue weighted by Crippen LogP contribution is 2.19. The van der Waals surface area contributed by atoms with Crippen LogP contribution < -0.4 is 5.32 Å². The summed E-state index contributed by atoms with van der Waals surface area (Å²) in [6.45, 7) is 0. The fourth-order valence-electron chi connectivity index (χ4n) is 1.04. The standard InChI is InChI=1S/C9H7ClN4O/c10-7-1-2-11-5-8(7)14-9(15)6-3-12-13-4-6/h1-5H,(H,12,13)(H,14,15). The molecule has 6 heteroatoms. The molecule has 2 heterocycles. The number of nitrogens with zero attached hydrogens (tertiary/aromatic N) is 2. The minimum Gasteiger partial charge on any atom is -0.319 e. The third kappa shape index (κ3) is 2.13. The molecule has 0 aliphatic rings. The molecule has 2 aromatic rings. The number of pyridine rings is 1. The van der Waals surface area contributed by atoms with Crippen LogP contribution in [-0.4, -0.2) is 21.1 Å². The van der Waals surface area contributed by atoms with Gasteiger partial charge >= 0.3 is 0 Å². The number of halogens is 1. The zero-order valence-electron chi connectivity index (χ0n) is 7.57. The van der Waals surface area contributed by atoms with Crippen molar-refractivity contribution < 1.29 is 4.79 Å². The minimum atomic E-state index is -0.279. The fourth-order valence-corrected chi connectivity index (χ4v) is 1.19. The van der Waals surface area contributed by atoms with Crippen molar-refractivity contribution >= 4 is 23.2 Å². The Hall–Kier alpha value is -1.88. The summed E-state index contributed by atoms with van der Waals surface area (Å²) in [5, 5.41) is 9.29. The van der Waals surface area contributed by atoms with Gasteiger partial charge in [0.05, 0.1) is 28.7 Å². The number of aromatic amines is 1. The molecule has 2 N–H and O–H groups in total. The first-order chi connectivity index (χ1) is 7.27. The molecule has 0 fully saturated rings. The number of amides is 1. The highest BCUT2D eigenvalue weighted by molar-refractivity contribution is 6.33.